The molecule has 0 fully saturated rings. The van der Waals surface area contributed by atoms with Gasteiger partial charge in [-0.05, 0) is 17.7 Å². The molecule has 0 saturated carbocycles. The van der Waals surface area contributed by atoms with Crippen LogP contribution in [0.4, 0.5) is 0 Å². The summed E-state index contributed by atoms with van der Waals surface area (Å²) in [5.74, 6) is -0.227. The molecule has 0 aliphatic rings. The topological polar surface area (TPSA) is 78.0 Å². The molecular formula is C16H15N3O2. The number of hydrogen-bond acceptors (Lipinski definition) is 3. The molecule has 0 aliphatic carbocycles. The Bertz CT molecular complexity index is 752. The van der Waals surface area contributed by atoms with Crippen LogP contribution in [-0.4, -0.2) is 27.8 Å². The number of rotatable bonds is 4. The van der Waals surface area contributed by atoms with E-state index in [-0.39, 0.29) is 12.5 Å². The van der Waals surface area contributed by atoms with Gasteiger partial charge in [-0.15, -0.1) is 0 Å². The number of amides is 1. The van der Waals surface area contributed by atoms with E-state index in [1.54, 1.807) is 18.3 Å². The van der Waals surface area contributed by atoms with Crippen molar-refractivity contribution in [2.45, 2.75) is 6.04 Å². The first-order chi connectivity index (χ1) is 10.3. The number of aromatic nitrogens is 2. The van der Waals surface area contributed by atoms with Crippen LogP contribution >= 0.6 is 0 Å². The average molecular weight is 281 g/mol. The number of fused-ring (bicyclic) bond motifs is 1. The molecule has 1 heterocycles. The van der Waals surface area contributed by atoms with Crippen LogP contribution in [0.3, 0.4) is 0 Å². The van der Waals surface area contributed by atoms with Crippen molar-refractivity contribution >= 4 is 16.8 Å². The van der Waals surface area contributed by atoms with E-state index in [0.29, 0.717) is 5.56 Å². The van der Waals surface area contributed by atoms with Gasteiger partial charge in [0, 0.05) is 10.9 Å². The Kier molecular flexibility index (Phi) is 3.66. The summed E-state index contributed by atoms with van der Waals surface area (Å²) in [7, 11) is 0. The Morgan fingerprint density at radius 2 is 2.05 bits per heavy atom. The Balaban J connectivity index is 1.81. The molecule has 0 unspecified atom stereocenters. The highest BCUT2D eigenvalue weighted by Crippen LogP contribution is 2.15. The zero-order chi connectivity index (χ0) is 14.7. The smallest absolute Gasteiger partial charge is 0.251 e. The molecule has 2 aromatic carbocycles. The highest BCUT2D eigenvalue weighted by Gasteiger charge is 2.15. The lowest BCUT2D eigenvalue weighted by molar-refractivity contribution is 0.0916. The molecule has 5 heteroatoms. The molecule has 0 spiro atoms. The highest BCUT2D eigenvalue weighted by atomic mass is 16.3. The first-order valence-corrected chi connectivity index (χ1v) is 6.68. The van der Waals surface area contributed by atoms with Gasteiger partial charge in [0.15, 0.2) is 0 Å². The molecular weight excluding hydrogens is 266 g/mol. The van der Waals surface area contributed by atoms with Gasteiger partial charge in [0.2, 0.25) is 0 Å². The number of H-pyrrole nitrogens is 1. The van der Waals surface area contributed by atoms with Gasteiger partial charge in [-0.2, -0.15) is 5.10 Å². The molecule has 0 saturated heterocycles. The Morgan fingerprint density at radius 1 is 1.24 bits per heavy atom. The molecule has 1 aromatic heterocycles. The number of nitrogens with one attached hydrogen (secondary N) is 2. The van der Waals surface area contributed by atoms with Gasteiger partial charge < -0.3 is 10.4 Å². The number of hydrogen-bond donors (Lipinski definition) is 3. The molecule has 0 bridgehead atoms. The van der Waals surface area contributed by atoms with Crippen LogP contribution in [0.5, 0.6) is 0 Å². The fourth-order valence-corrected chi connectivity index (χ4v) is 2.24. The third-order valence-corrected chi connectivity index (χ3v) is 3.39. The number of benzene rings is 2. The van der Waals surface area contributed by atoms with E-state index >= 15 is 0 Å². The molecule has 21 heavy (non-hydrogen) atoms. The Morgan fingerprint density at radius 3 is 2.81 bits per heavy atom. The van der Waals surface area contributed by atoms with Gasteiger partial charge in [-0.25, -0.2) is 0 Å². The van der Waals surface area contributed by atoms with Crippen molar-refractivity contribution in [2.75, 3.05) is 6.61 Å². The number of aliphatic hydroxyl groups excluding tert-OH is 1. The number of nitrogens with zero attached hydrogens (tertiary/aromatic N) is 1. The van der Waals surface area contributed by atoms with Crippen LogP contribution in [0.2, 0.25) is 0 Å². The second-order valence-corrected chi connectivity index (χ2v) is 4.79. The van der Waals surface area contributed by atoms with Crippen molar-refractivity contribution in [3.63, 3.8) is 0 Å². The predicted octanol–water partition coefficient (Wildman–Crippen LogP) is 2.03. The van der Waals surface area contributed by atoms with Crippen LogP contribution in [-0.2, 0) is 0 Å². The third kappa shape index (κ3) is 2.78. The van der Waals surface area contributed by atoms with Crippen LogP contribution in [0.25, 0.3) is 10.9 Å². The summed E-state index contributed by atoms with van der Waals surface area (Å²) >= 11 is 0. The summed E-state index contributed by atoms with van der Waals surface area (Å²) in [6.45, 7) is -0.151. The average Bonchev–Trinajstić information content (AvgIpc) is 3.00. The molecule has 3 N–H and O–H groups in total. The van der Waals surface area contributed by atoms with Gasteiger partial charge in [0.05, 0.1) is 24.4 Å². The third-order valence-electron chi connectivity index (χ3n) is 3.39. The van der Waals surface area contributed by atoms with E-state index in [9.17, 15) is 9.90 Å². The summed E-state index contributed by atoms with van der Waals surface area (Å²) in [6, 6.07) is 14.3. The van der Waals surface area contributed by atoms with Crippen molar-refractivity contribution < 1.29 is 9.90 Å². The van der Waals surface area contributed by atoms with Crippen LogP contribution in [0.1, 0.15) is 22.0 Å². The Labute approximate surface area is 121 Å². The van der Waals surface area contributed by atoms with E-state index < -0.39 is 6.04 Å². The van der Waals surface area contributed by atoms with Gasteiger partial charge in [-0.3, -0.25) is 9.89 Å². The number of aliphatic hydroxyl groups is 1. The van der Waals surface area contributed by atoms with Gasteiger partial charge in [0.1, 0.15) is 0 Å². The van der Waals surface area contributed by atoms with Crippen molar-refractivity contribution in [1.29, 1.82) is 0 Å². The molecule has 106 valence electrons. The lowest BCUT2D eigenvalue weighted by atomic mass is 10.1. The molecule has 1 amide bonds. The van der Waals surface area contributed by atoms with Crippen LogP contribution < -0.4 is 5.32 Å². The lowest BCUT2D eigenvalue weighted by Gasteiger charge is -2.16. The second-order valence-electron chi connectivity index (χ2n) is 4.79. The van der Waals surface area contributed by atoms with Crippen LogP contribution in [0, 0.1) is 0 Å². The van der Waals surface area contributed by atoms with Gasteiger partial charge in [-0.1, -0.05) is 36.4 Å². The molecule has 3 aromatic rings. The predicted molar refractivity (Wildman–Crippen MR) is 79.8 cm³/mol. The summed E-state index contributed by atoms with van der Waals surface area (Å²) in [4.78, 5) is 12.3. The molecule has 0 radical (unpaired) electrons. The maximum absolute atomic E-state index is 12.3. The second kappa shape index (κ2) is 5.76. The fourth-order valence-electron chi connectivity index (χ4n) is 2.24. The largest absolute Gasteiger partial charge is 0.394 e. The summed E-state index contributed by atoms with van der Waals surface area (Å²) in [5, 5.41) is 20.0. The van der Waals surface area contributed by atoms with E-state index in [1.165, 1.54) is 0 Å². The normalized spacial score (nSPS) is 12.2. The van der Waals surface area contributed by atoms with Crippen molar-refractivity contribution in [1.82, 2.24) is 15.5 Å². The Hall–Kier alpha value is -2.66. The number of carbonyl (C=O) groups is 1. The molecule has 5 nitrogen and oxygen atoms in total. The van der Waals surface area contributed by atoms with Crippen molar-refractivity contribution in [3.05, 3.63) is 65.9 Å². The SMILES string of the molecule is O=C(N[C@H](CO)c1ccccc1)c1ccc2cn[nH]c2c1. The number of aromatic amines is 1. The zero-order valence-electron chi connectivity index (χ0n) is 11.3. The van der Waals surface area contributed by atoms with Gasteiger partial charge >= 0.3 is 0 Å². The van der Waals surface area contributed by atoms with E-state index in [2.05, 4.69) is 15.5 Å². The van der Waals surface area contributed by atoms with Crippen molar-refractivity contribution in [2.24, 2.45) is 0 Å². The quantitative estimate of drug-likeness (QED) is 0.684. The minimum absolute atomic E-state index is 0.151. The molecule has 3 rings (SSSR count). The maximum Gasteiger partial charge on any atom is 0.251 e. The summed E-state index contributed by atoms with van der Waals surface area (Å²) in [5.41, 5.74) is 2.21. The maximum atomic E-state index is 12.3. The fraction of sp³-hybridized carbons (Fsp3) is 0.125. The summed E-state index contributed by atoms with van der Waals surface area (Å²) in [6.07, 6.45) is 1.71. The van der Waals surface area contributed by atoms with E-state index in [1.807, 2.05) is 36.4 Å². The minimum atomic E-state index is -0.420. The lowest BCUT2D eigenvalue weighted by Crippen LogP contribution is -2.30. The molecule has 0 aliphatic heterocycles. The first kappa shape index (κ1) is 13.3. The number of carbonyl (C=O) groups excluding carboxylic acids is 1. The standard InChI is InChI=1S/C16H15N3O2/c20-10-15(11-4-2-1-3-5-11)18-16(21)12-6-7-13-9-17-19-14(13)8-12/h1-9,15,20H,10H2,(H,17,19)(H,18,21)/t15-/m1/s1. The monoisotopic (exact) mass is 281 g/mol. The van der Waals surface area contributed by atoms with Crippen LogP contribution in [0.15, 0.2) is 54.7 Å². The zero-order valence-corrected chi connectivity index (χ0v) is 11.3. The van der Waals surface area contributed by atoms with E-state index in [4.69, 9.17) is 0 Å². The van der Waals surface area contributed by atoms with E-state index in [0.717, 1.165) is 16.5 Å². The highest BCUT2D eigenvalue weighted by molar-refractivity contribution is 5.97. The van der Waals surface area contributed by atoms with Crippen molar-refractivity contribution in [3.8, 4) is 0 Å². The first-order valence-electron chi connectivity index (χ1n) is 6.68. The van der Waals surface area contributed by atoms with Gasteiger partial charge in [0.25, 0.3) is 5.91 Å². The minimum Gasteiger partial charge on any atom is -0.394 e. The molecule has 1 atom stereocenters. The summed E-state index contributed by atoms with van der Waals surface area (Å²) < 4.78 is 0.